The van der Waals surface area contributed by atoms with Gasteiger partial charge in [-0.3, -0.25) is 4.79 Å². The van der Waals surface area contributed by atoms with Gasteiger partial charge < -0.3 is 15.6 Å². The van der Waals surface area contributed by atoms with Crippen molar-refractivity contribution in [2.45, 2.75) is 37.4 Å². The summed E-state index contributed by atoms with van der Waals surface area (Å²) in [5.41, 5.74) is 3.66. The minimum Gasteiger partial charge on any atom is -0.378 e. The van der Waals surface area contributed by atoms with E-state index in [1.54, 1.807) is 0 Å². The van der Waals surface area contributed by atoms with Crippen molar-refractivity contribution in [1.82, 2.24) is 0 Å². The topological polar surface area (TPSA) is 72.6 Å². The van der Waals surface area contributed by atoms with E-state index in [1.807, 2.05) is 0 Å². The average molecular weight is 173 g/mol. The lowest BCUT2D eigenvalue weighted by Gasteiger charge is -2.36. The second-order valence-electron chi connectivity index (χ2n) is 3.26. The first kappa shape index (κ1) is 9.48. The van der Waals surface area contributed by atoms with E-state index in [0.717, 1.165) is 12.8 Å². The van der Waals surface area contributed by atoms with Crippen molar-refractivity contribution in [2.75, 3.05) is 7.11 Å². The Labute approximate surface area is 71.7 Å². The molecule has 0 bridgehead atoms. The molecule has 1 amide bonds. The number of primary amides is 1. The van der Waals surface area contributed by atoms with Gasteiger partial charge in [-0.25, -0.2) is 0 Å². The predicted octanol–water partition coefficient (Wildman–Crippen LogP) is -0.208. The molecule has 12 heavy (non-hydrogen) atoms. The SMILES string of the molecule is COC1CCCCC1(O)C(N)=O. The number of aliphatic hydroxyl groups is 1. The molecule has 0 saturated heterocycles. The molecular weight excluding hydrogens is 158 g/mol. The third kappa shape index (κ3) is 1.44. The van der Waals surface area contributed by atoms with Gasteiger partial charge in [0.1, 0.15) is 0 Å². The number of carbonyl (C=O) groups is 1. The van der Waals surface area contributed by atoms with E-state index in [9.17, 15) is 9.90 Å². The van der Waals surface area contributed by atoms with Gasteiger partial charge in [-0.15, -0.1) is 0 Å². The Balaban J connectivity index is 2.75. The molecule has 0 radical (unpaired) electrons. The number of nitrogens with two attached hydrogens (primary N) is 1. The number of hydrogen-bond acceptors (Lipinski definition) is 3. The molecule has 2 unspecified atom stereocenters. The molecular formula is C8H15NO3. The highest BCUT2D eigenvalue weighted by molar-refractivity contribution is 5.84. The molecule has 3 N–H and O–H groups in total. The summed E-state index contributed by atoms with van der Waals surface area (Å²) < 4.78 is 5.02. The second kappa shape index (κ2) is 3.41. The van der Waals surface area contributed by atoms with Crippen molar-refractivity contribution in [3.8, 4) is 0 Å². The molecule has 1 saturated carbocycles. The number of carbonyl (C=O) groups excluding carboxylic acids is 1. The van der Waals surface area contributed by atoms with E-state index in [-0.39, 0.29) is 0 Å². The largest absolute Gasteiger partial charge is 0.378 e. The maximum Gasteiger partial charge on any atom is 0.252 e. The number of hydrogen-bond donors (Lipinski definition) is 2. The molecule has 1 fully saturated rings. The van der Waals surface area contributed by atoms with E-state index in [4.69, 9.17) is 10.5 Å². The zero-order valence-electron chi connectivity index (χ0n) is 7.25. The van der Waals surface area contributed by atoms with E-state index in [2.05, 4.69) is 0 Å². The van der Waals surface area contributed by atoms with Crippen LogP contribution in [0.15, 0.2) is 0 Å². The van der Waals surface area contributed by atoms with Crippen molar-refractivity contribution in [2.24, 2.45) is 5.73 Å². The summed E-state index contributed by atoms with van der Waals surface area (Å²) in [6.45, 7) is 0. The van der Waals surface area contributed by atoms with Crippen molar-refractivity contribution >= 4 is 5.91 Å². The maximum absolute atomic E-state index is 10.9. The van der Waals surface area contributed by atoms with Gasteiger partial charge in [-0.05, 0) is 19.3 Å². The summed E-state index contributed by atoms with van der Waals surface area (Å²) in [6.07, 6.45) is 2.51. The molecule has 0 aliphatic heterocycles. The van der Waals surface area contributed by atoms with Crippen LogP contribution in [-0.2, 0) is 9.53 Å². The highest BCUT2D eigenvalue weighted by Gasteiger charge is 2.44. The first-order chi connectivity index (χ1) is 5.61. The number of ether oxygens (including phenoxy) is 1. The molecule has 0 aromatic rings. The molecule has 1 aliphatic rings. The van der Waals surface area contributed by atoms with E-state index >= 15 is 0 Å². The third-order valence-electron chi connectivity index (χ3n) is 2.52. The molecule has 2 atom stereocenters. The molecule has 70 valence electrons. The van der Waals surface area contributed by atoms with Crippen molar-refractivity contribution in [1.29, 1.82) is 0 Å². The molecule has 0 aromatic carbocycles. The monoisotopic (exact) mass is 173 g/mol. The lowest BCUT2D eigenvalue weighted by Crippen LogP contribution is -2.55. The van der Waals surface area contributed by atoms with Crippen LogP contribution in [-0.4, -0.2) is 29.8 Å². The van der Waals surface area contributed by atoms with Gasteiger partial charge in [0.25, 0.3) is 5.91 Å². The van der Waals surface area contributed by atoms with Gasteiger partial charge >= 0.3 is 0 Å². The molecule has 4 nitrogen and oxygen atoms in total. The maximum atomic E-state index is 10.9. The van der Waals surface area contributed by atoms with Gasteiger partial charge in [0.2, 0.25) is 0 Å². The Bertz CT molecular complexity index is 183. The first-order valence-electron chi connectivity index (χ1n) is 4.16. The van der Waals surface area contributed by atoms with Crippen LogP contribution in [0.2, 0.25) is 0 Å². The second-order valence-corrected chi connectivity index (χ2v) is 3.26. The standard InChI is InChI=1S/C8H15NO3/c1-12-6-4-2-3-5-8(6,11)7(9)10/h6,11H,2-5H2,1H3,(H2,9,10). The van der Waals surface area contributed by atoms with Gasteiger partial charge in [0.15, 0.2) is 5.60 Å². The van der Waals surface area contributed by atoms with Crippen LogP contribution in [0, 0.1) is 0 Å². The first-order valence-corrected chi connectivity index (χ1v) is 4.16. The summed E-state index contributed by atoms with van der Waals surface area (Å²) in [4.78, 5) is 10.9. The molecule has 1 aliphatic carbocycles. The van der Waals surface area contributed by atoms with Gasteiger partial charge in [-0.2, -0.15) is 0 Å². The minimum atomic E-state index is -1.44. The van der Waals surface area contributed by atoms with Gasteiger partial charge in [0.05, 0.1) is 6.10 Å². The smallest absolute Gasteiger partial charge is 0.252 e. The summed E-state index contributed by atoms with van der Waals surface area (Å²) in [5.74, 6) is -0.672. The fourth-order valence-electron chi connectivity index (χ4n) is 1.72. The molecule has 1 rings (SSSR count). The van der Waals surface area contributed by atoms with Crippen LogP contribution in [0.5, 0.6) is 0 Å². The quantitative estimate of drug-likeness (QED) is 0.607. The Morgan fingerprint density at radius 3 is 2.75 bits per heavy atom. The molecule has 4 heteroatoms. The number of rotatable bonds is 2. The Kier molecular flexibility index (Phi) is 2.69. The van der Waals surface area contributed by atoms with Crippen LogP contribution < -0.4 is 5.73 Å². The zero-order valence-corrected chi connectivity index (χ0v) is 7.25. The van der Waals surface area contributed by atoms with Crippen LogP contribution in [0.25, 0.3) is 0 Å². The predicted molar refractivity (Wildman–Crippen MR) is 43.4 cm³/mol. The normalized spacial score (nSPS) is 36.3. The van der Waals surface area contributed by atoms with Gasteiger partial charge in [-0.1, -0.05) is 6.42 Å². The Hall–Kier alpha value is -0.610. The van der Waals surface area contributed by atoms with E-state index in [0.29, 0.717) is 12.8 Å². The number of amides is 1. The summed E-state index contributed by atoms with van der Waals surface area (Å²) in [5, 5.41) is 9.81. The lowest BCUT2D eigenvalue weighted by atomic mass is 9.81. The van der Waals surface area contributed by atoms with Crippen LogP contribution in [0.1, 0.15) is 25.7 Å². The Morgan fingerprint density at radius 1 is 1.67 bits per heavy atom. The zero-order chi connectivity index (χ0) is 9.19. The highest BCUT2D eigenvalue weighted by atomic mass is 16.5. The van der Waals surface area contributed by atoms with Crippen molar-refractivity contribution in [3.63, 3.8) is 0 Å². The molecule has 0 aromatic heterocycles. The van der Waals surface area contributed by atoms with Crippen molar-refractivity contribution in [3.05, 3.63) is 0 Å². The third-order valence-corrected chi connectivity index (χ3v) is 2.52. The van der Waals surface area contributed by atoms with Crippen LogP contribution >= 0.6 is 0 Å². The lowest BCUT2D eigenvalue weighted by molar-refractivity contribution is -0.159. The summed E-state index contributed by atoms with van der Waals surface area (Å²) in [6, 6.07) is 0. The van der Waals surface area contributed by atoms with Crippen LogP contribution in [0.4, 0.5) is 0 Å². The summed E-state index contributed by atoms with van der Waals surface area (Å²) >= 11 is 0. The molecule has 0 spiro atoms. The average Bonchev–Trinajstić information content (AvgIpc) is 2.05. The van der Waals surface area contributed by atoms with Gasteiger partial charge in [0, 0.05) is 7.11 Å². The fraction of sp³-hybridized carbons (Fsp3) is 0.875. The highest BCUT2D eigenvalue weighted by Crippen LogP contribution is 2.29. The Morgan fingerprint density at radius 2 is 2.33 bits per heavy atom. The van der Waals surface area contributed by atoms with Crippen LogP contribution in [0.3, 0.4) is 0 Å². The summed E-state index contributed by atoms with van der Waals surface area (Å²) in [7, 11) is 1.49. The van der Waals surface area contributed by atoms with E-state index in [1.165, 1.54) is 7.11 Å². The minimum absolute atomic E-state index is 0.418. The van der Waals surface area contributed by atoms with Crippen molar-refractivity contribution < 1.29 is 14.6 Å². The van der Waals surface area contributed by atoms with E-state index < -0.39 is 17.6 Å². The number of methoxy groups -OCH3 is 1. The fourth-order valence-corrected chi connectivity index (χ4v) is 1.72. The molecule has 0 heterocycles.